The lowest BCUT2D eigenvalue weighted by Gasteiger charge is -2.21. The molecule has 0 saturated heterocycles. The fourth-order valence-electron chi connectivity index (χ4n) is 1.59. The highest BCUT2D eigenvalue weighted by atomic mass is 16.5. The Morgan fingerprint density at radius 3 is 2.08 bits per heavy atom. The zero-order chi connectivity index (χ0) is 10.3. The maximum atomic E-state index is 9.80. The van der Waals surface area contributed by atoms with Gasteiger partial charge in [-0.2, -0.15) is 0 Å². The van der Waals surface area contributed by atoms with E-state index >= 15 is 0 Å². The molecule has 0 amide bonds. The summed E-state index contributed by atoms with van der Waals surface area (Å²) in [5.74, 6) is 0.462. The van der Waals surface area contributed by atoms with Gasteiger partial charge in [-0.3, -0.25) is 0 Å². The lowest BCUT2D eigenvalue weighted by Crippen LogP contribution is -2.21. The summed E-state index contributed by atoms with van der Waals surface area (Å²) >= 11 is 0. The second-order valence-electron chi connectivity index (χ2n) is 3.77. The maximum absolute atomic E-state index is 9.80. The van der Waals surface area contributed by atoms with E-state index in [0.29, 0.717) is 5.92 Å². The van der Waals surface area contributed by atoms with Crippen LogP contribution >= 0.6 is 0 Å². The zero-order valence-corrected chi connectivity index (χ0v) is 9.42. The first-order valence-electron chi connectivity index (χ1n) is 5.36. The first-order chi connectivity index (χ1) is 6.15. The average Bonchev–Trinajstić information content (AvgIpc) is 2.16. The fourth-order valence-corrected chi connectivity index (χ4v) is 1.59. The summed E-state index contributed by atoms with van der Waals surface area (Å²) in [5, 5.41) is 9.80. The first-order valence-corrected chi connectivity index (χ1v) is 5.36. The van der Waals surface area contributed by atoms with E-state index in [0.717, 1.165) is 25.7 Å². The van der Waals surface area contributed by atoms with E-state index in [4.69, 9.17) is 4.74 Å². The van der Waals surface area contributed by atoms with Crippen molar-refractivity contribution < 1.29 is 9.84 Å². The number of rotatable bonds is 7. The molecule has 0 bridgehead atoms. The van der Waals surface area contributed by atoms with Crippen molar-refractivity contribution in [3.8, 4) is 0 Å². The summed E-state index contributed by atoms with van der Waals surface area (Å²) in [6, 6.07) is 0. The van der Waals surface area contributed by atoms with Gasteiger partial charge in [0.15, 0.2) is 0 Å². The van der Waals surface area contributed by atoms with Gasteiger partial charge in [-0.25, -0.2) is 0 Å². The molecule has 0 aromatic rings. The van der Waals surface area contributed by atoms with Crippen molar-refractivity contribution in [2.24, 2.45) is 5.92 Å². The SMILES string of the molecule is CCC(CC)C(O)CCC(C)OC. The molecule has 0 rings (SSSR count). The van der Waals surface area contributed by atoms with E-state index in [9.17, 15) is 5.11 Å². The van der Waals surface area contributed by atoms with Gasteiger partial charge >= 0.3 is 0 Å². The van der Waals surface area contributed by atoms with E-state index in [2.05, 4.69) is 13.8 Å². The van der Waals surface area contributed by atoms with Gasteiger partial charge < -0.3 is 9.84 Å². The Balaban J connectivity index is 3.65. The molecule has 0 saturated carbocycles. The maximum Gasteiger partial charge on any atom is 0.0569 e. The highest BCUT2D eigenvalue weighted by molar-refractivity contribution is 4.67. The molecule has 0 aromatic heterocycles. The van der Waals surface area contributed by atoms with Crippen molar-refractivity contribution in [2.75, 3.05) is 7.11 Å². The Morgan fingerprint density at radius 1 is 1.15 bits per heavy atom. The minimum absolute atomic E-state index is 0.146. The molecule has 2 nitrogen and oxygen atoms in total. The molecular weight excluding hydrogens is 164 g/mol. The van der Waals surface area contributed by atoms with Gasteiger partial charge in [0.2, 0.25) is 0 Å². The monoisotopic (exact) mass is 188 g/mol. The van der Waals surface area contributed by atoms with Crippen LogP contribution in [0.15, 0.2) is 0 Å². The molecule has 0 aliphatic heterocycles. The van der Waals surface area contributed by atoms with Crippen LogP contribution in [0.3, 0.4) is 0 Å². The number of ether oxygens (including phenoxy) is 1. The van der Waals surface area contributed by atoms with Crippen molar-refractivity contribution in [3.05, 3.63) is 0 Å². The zero-order valence-electron chi connectivity index (χ0n) is 9.42. The van der Waals surface area contributed by atoms with Gasteiger partial charge in [-0.15, -0.1) is 0 Å². The van der Waals surface area contributed by atoms with Gasteiger partial charge in [-0.1, -0.05) is 26.7 Å². The van der Waals surface area contributed by atoms with Crippen molar-refractivity contribution in [3.63, 3.8) is 0 Å². The van der Waals surface area contributed by atoms with Crippen LogP contribution < -0.4 is 0 Å². The molecular formula is C11H24O2. The Morgan fingerprint density at radius 2 is 1.69 bits per heavy atom. The van der Waals surface area contributed by atoms with Crippen molar-refractivity contribution in [1.29, 1.82) is 0 Å². The second kappa shape index (κ2) is 7.34. The minimum Gasteiger partial charge on any atom is -0.393 e. The lowest BCUT2D eigenvalue weighted by molar-refractivity contribution is 0.0581. The normalized spacial score (nSPS) is 16.2. The summed E-state index contributed by atoms with van der Waals surface area (Å²) in [6.07, 6.45) is 4.07. The number of hydrogen-bond donors (Lipinski definition) is 1. The van der Waals surface area contributed by atoms with Gasteiger partial charge in [0.25, 0.3) is 0 Å². The number of methoxy groups -OCH3 is 1. The fraction of sp³-hybridized carbons (Fsp3) is 1.00. The Bertz CT molecular complexity index is 111. The third kappa shape index (κ3) is 5.27. The predicted molar refractivity (Wildman–Crippen MR) is 55.8 cm³/mol. The average molecular weight is 188 g/mol. The summed E-state index contributed by atoms with van der Waals surface area (Å²) in [5.41, 5.74) is 0. The summed E-state index contributed by atoms with van der Waals surface area (Å²) in [7, 11) is 1.72. The molecule has 0 heterocycles. The number of aliphatic hydroxyl groups excluding tert-OH is 1. The van der Waals surface area contributed by atoms with E-state index in [1.807, 2.05) is 6.92 Å². The van der Waals surface area contributed by atoms with Crippen LogP contribution in [-0.4, -0.2) is 24.4 Å². The number of hydrogen-bond acceptors (Lipinski definition) is 2. The molecule has 2 unspecified atom stereocenters. The molecule has 0 spiro atoms. The van der Waals surface area contributed by atoms with Crippen LogP contribution in [0.2, 0.25) is 0 Å². The topological polar surface area (TPSA) is 29.5 Å². The molecule has 80 valence electrons. The van der Waals surface area contributed by atoms with Crippen molar-refractivity contribution >= 4 is 0 Å². The second-order valence-corrected chi connectivity index (χ2v) is 3.77. The molecule has 2 heteroatoms. The third-order valence-electron chi connectivity index (χ3n) is 2.86. The van der Waals surface area contributed by atoms with Gasteiger partial charge in [0.1, 0.15) is 0 Å². The minimum atomic E-state index is -0.146. The lowest BCUT2D eigenvalue weighted by atomic mass is 9.93. The largest absolute Gasteiger partial charge is 0.393 e. The smallest absolute Gasteiger partial charge is 0.0569 e. The Hall–Kier alpha value is -0.0800. The van der Waals surface area contributed by atoms with Crippen LogP contribution in [0.4, 0.5) is 0 Å². The molecule has 2 atom stereocenters. The summed E-state index contributed by atoms with van der Waals surface area (Å²) in [4.78, 5) is 0. The third-order valence-corrected chi connectivity index (χ3v) is 2.86. The predicted octanol–water partition coefficient (Wildman–Crippen LogP) is 2.60. The summed E-state index contributed by atoms with van der Waals surface area (Å²) < 4.78 is 5.14. The highest BCUT2D eigenvalue weighted by Crippen LogP contribution is 2.18. The molecule has 1 N–H and O–H groups in total. The molecule has 0 aliphatic carbocycles. The first kappa shape index (κ1) is 12.9. The molecule has 0 aromatic carbocycles. The molecule has 0 radical (unpaired) electrons. The molecule has 0 fully saturated rings. The van der Waals surface area contributed by atoms with Gasteiger partial charge in [0, 0.05) is 7.11 Å². The summed E-state index contributed by atoms with van der Waals surface area (Å²) in [6.45, 7) is 6.31. The Kier molecular flexibility index (Phi) is 7.29. The molecule has 13 heavy (non-hydrogen) atoms. The van der Waals surface area contributed by atoms with Gasteiger partial charge in [-0.05, 0) is 25.7 Å². The van der Waals surface area contributed by atoms with Crippen LogP contribution in [0.25, 0.3) is 0 Å². The van der Waals surface area contributed by atoms with E-state index in [1.54, 1.807) is 7.11 Å². The molecule has 0 aliphatic rings. The van der Waals surface area contributed by atoms with E-state index in [1.165, 1.54) is 0 Å². The van der Waals surface area contributed by atoms with Crippen LogP contribution in [0.5, 0.6) is 0 Å². The highest BCUT2D eigenvalue weighted by Gasteiger charge is 2.15. The number of aliphatic hydroxyl groups is 1. The van der Waals surface area contributed by atoms with Gasteiger partial charge in [0.05, 0.1) is 12.2 Å². The standard InChI is InChI=1S/C11H24O2/c1-5-10(6-2)11(12)8-7-9(3)13-4/h9-12H,5-8H2,1-4H3. The Labute approximate surface area is 82.3 Å². The van der Waals surface area contributed by atoms with E-state index < -0.39 is 0 Å². The van der Waals surface area contributed by atoms with Crippen LogP contribution in [0, 0.1) is 5.92 Å². The van der Waals surface area contributed by atoms with Crippen LogP contribution in [-0.2, 0) is 4.74 Å². The van der Waals surface area contributed by atoms with Crippen molar-refractivity contribution in [2.45, 2.75) is 58.7 Å². The van der Waals surface area contributed by atoms with Crippen LogP contribution in [0.1, 0.15) is 46.5 Å². The van der Waals surface area contributed by atoms with E-state index in [-0.39, 0.29) is 12.2 Å². The van der Waals surface area contributed by atoms with Crippen molar-refractivity contribution in [1.82, 2.24) is 0 Å². The quantitative estimate of drug-likeness (QED) is 0.665.